The minimum atomic E-state index is -1.04. The number of carboxylic acids is 1. The second-order valence-corrected chi connectivity index (χ2v) is 7.66. The van der Waals surface area contributed by atoms with E-state index in [4.69, 9.17) is 10.8 Å². The summed E-state index contributed by atoms with van der Waals surface area (Å²) in [6.07, 6.45) is 4.42. The molecule has 0 spiro atoms. The maximum Gasteiger partial charge on any atom is 0.321 e. The summed E-state index contributed by atoms with van der Waals surface area (Å²) >= 11 is 1.31. The smallest absolute Gasteiger partial charge is 0.321 e. The van der Waals surface area contributed by atoms with Crippen molar-refractivity contribution in [2.45, 2.75) is 68.5 Å². The summed E-state index contributed by atoms with van der Waals surface area (Å²) in [6, 6.07) is -0.703. The monoisotopic (exact) mass is 288 g/mol. The second-order valence-electron chi connectivity index (χ2n) is 5.67. The van der Waals surface area contributed by atoms with Crippen molar-refractivity contribution in [2.24, 2.45) is 5.73 Å². The summed E-state index contributed by atoms with van der Waals surface area (Å²) in [5.41, 5.74) is 5.65. The highest BCUT2D eigenvalue weighted by Crippen LogP contribution is 2.31. The van der Waals surface area contributed by atoms with Gasteiger partial charge < -0.3 is 16.2 Å². The fourth-order valence-electron chi connectivity index (χ4n) is 2.27. The van der Waals surface area contributed by atoms with E-state index in [0.717, 1.165) is 12.8 Å². The number of rotatable bonds is 6. The van der Waals surface area contributed by atoms with Crippen molar-refractivity contribution in [3.63, 3.8) is 0 Å². The molecule has 2 atom stereocenters. The summed E-state index contributed by atoms with van der Waals surface area (Å²) < 4.78 is -0.682. The fourth-order valence-corrected chi connectivity index (χ4v) is 3.60. The standard InChI is InChI=1S/C13H24N2O3S/c1-8(11(16)15-9-6-4-5-7-9)19-13(2,3)10(14)12(17)18/h8-10H,4-7,14H2,1-3H3,(H,15,16)(H,17,18)/t8?,10-/m1/s1. The summed E-state index contributed by atoms with van der Waals surface area (Å²) in [7, 11) is 0. The maximum atomic E-state index is 12.0. The molecule has 0 aromatic heterocycles. The van der Waals surface area contributed by atoms with Gasteiger partial charge in [-0.1, -0.05) is 12.8 Å². The van der Waals surface area contributed by atoms with Crippen molar-refractivity contribution in [1.29, 1.82) is 0 Å². The molecule has 0 radical (unpaired) electrons. The molecule has 1 unspecified atom stereocenters. The molecular weight excluding hydrogens is 264 g/mol. The number of nitrogens with one attached hydrogen (secondary N) is 1. The molecule has 1 aliphatic carbocycles. The first-order chi connectivity index (χ1) is 8.74. The third-order valence-electron chi connectivity index (χ3n) is 3.57. The predicted octanol–water partition coefficient (Wildman–Crippen LogP) is 1.36. The Balaban J connectivity index is 2.50. The van der Waals surface area contributed by atoms with Crippen molar-refractivity contribution in [3.05, 3.63) is 0 Å². The molecule has 4 N–H and O–H groups in total. The predicted molar refractivity (Wildman–Crippen MR) is 77.1 cm³/mol. The van der Waals surface area contributed by atoms with E-state index in [1.54, 1.807) is 20.8 Å². The number of thioether (sulfide) groups is 1. The van der Waals surface area contributed by atoms with Crippen molar-refractivity contribution in [2.75, 3.05) is 0 Å². The lowest BCUT2D eigenvalue weighted by Gasteiger charge is -2.30. The van der Waals surface area contributed by atoms with Crippen LogP contribution in [-0.2, 0) is 9.59 Å². The van der Waals surface area contributed by atoms with Gasteiger partial charge in [-0.15, -0.1) is 11.8 Å². The fraction of sp³-hybridized carbons (Fsp3) is 0.846. The average molecular weight is 288 g/mol. The van der Waals surface area contributed by atoms with Gasteiger partial charge in [-0.2, -0.15) is 0 Å². The van der Waals surface area contributed by atoms with E-state index >= 15 is 0 Å². The number of carboxylic acid groups (broad SMARTS) is 1. The van der Waals surface area contributed by atoms with Gasteiger partial charge in [0.2, 0.25) is 5.91 Å². The van der Waals surface area contributed by atoms with Crippen LogP contribution in [-0.4, -0.2) is 39.1 Å². The Hall–Kier alpha value is -0.750. The summed E-state index contributed by atoms with van der Waals surface area (Å²) in [6.45, 7) is 5.32. The second kappa shape index (κ2) is 6.61. The van der Waals surface area contributed by atoms with Gasteiger partial charge in [-0.25, -0.2) is 0 Å². The van der Waals surface area contributed by atoms with E-state index < -0.39 is 16.8 Å². The molecular formula is C13H24N2O3S. The quantitative estimate of drug-likeness (QED) is 0.686. The number of hydrogen-bond donors (Lipinski definition) is 3. The number of carbonyl (C=O) groups excluding carboxylic acids is 1. The van der Waals surface area contributed by atoms with Crippen LogP contribution in [0.1, 0.15) is 46.5 Å². The molecule has 1 rings (SSSR count). The molecule has 0 bridgehead atoms. The largest absolute Gasteiger partial charge is 0.480 e. The molecule has 0 aliphatic heterocycles. The average Bonchev–Trinajstić information content (AvgIpc) is 2.79. The maximum absolute atomic E-state index is 12.0. The van der Waals surface area contributed by atoms with E-state index in [0.29, 0.717) is 0 Å². The van der Waals surface area contributed by atoms with Gasteiger partial charge in [0.05, 0.1) is 5.25 Å². The number of aliphatic carboxylic acids is 1. The van der Waals surface area contributed by atoms with Gasteiger partial charge >= 0.3 is 5.97 Å². The van der Waals surface area contributed by atoms with Gasteiger partial charge in [0.15, 0.2) is 0 Å². The molecule has 6 heteroatoms. The number of carbonyl (C=O) groups is 2. The highest BCUT2D eigenvalue weighted by atomic mass is 32.2. The van der Waals surface area contributed by atoms with Crippen molar-refractivity contribution in [1.82, 2.24) is 5.32 Å². The molecule has 1 aliphatic rings. The SMILES string of the molecule is CC(SC(C)(C)[C@H](N)C(=O)O)C(=O)NC1CCCC1. The van der Waals surface area contributed by atoms with Crippen LogP contribution in [0.5, 0.6) is 0 Å². The molecule has 110 valence electrons. The van der Waals surface area contributed by atoms with E-state index in [1.807, 2.05) is 0 Å². The molecule has 1 fully saturated rings. The Bertz CT molecular complexity index is 341. The zero-order valence-corrected chi connectivity index (χ0v) is 12.6. The third kappa shape index (κ3) is 4.69. The highest BCUT2D eigenvalue weighted by molar-refractivity contribution is 8.02. The minimum absolute atomic E-state index is 0.0254. The topological polar surface area (TPSA) is 92.4 Å². The Morgan fingerprint density at radius 3 is 2.37 bits per heavy atom. The highest BCUT2D eigenvalue weighted by Gasteiger charge is 2.36. The van der Waals surface area contributed by atoms with Gasteiger partial charge in [-0.3, -0.25) is 9.59 Å². The summed E-state index contributed by atoms with van der Waals surface area (Å²) in [5, 5.41) is 11.7. The molecule has 0 heterocycles. The van der Waals surface area contributed by atoms with Crippen LogP contribution in [0.4, 0.5) is 0 Å². The normalized spacial score (nSPS) is 20.0. The first-order valence-corrected chi connectivity index (χ1v) is 7.58. The van der Waals surface area contributed by atoms with Crippen LogP contribution >= 0.6 is 11.8 Å². The van der Waals surface area contributed by atoms with E-state index in [1.165, 1.54) is 24.6 Å². The lowest BCUT2D eigenvalue weighted by molar-refractivity contribution is -0.139. The van der Waals surface area contributed by atoms with Gasteiger partial charge in [0.25, 0.3) is 0 Å². The first-order valence-electron chi connectivity index (χ1n) is 6.70. The van der Waals surface area contributed by atoms with Crippen LogP contribution in [0.15, 0.2) is 0 Å². The van der Waals surface area contributed by atoms with Crippen molar-refractivity contribution >= 4 is 23.6 Å². The molecule has 5 nitrogen and oxygen atoms in total. The van der Waals surface area contributed by atoms with Crippen molar-refractivity contribution in [3.8, 4) is 0 Å². The summed E-state index contributed by atoms with van der Waals surface area (Å²) in [4.78, 5) is 23.0. The number of hydrogen-bond acceptors (Lipinski definition) is 4. The Morgan fingerprint density at radius 1 is 1.37 bits per heavy atom. The van der Waals surface area contributed by atoms with Crippen LogP contribution in [0.3, 0.4) is 0 Å². The molecule has 0 saturated heterocycles. The van der Waals surface area contributed by atoms with E-state index in [9.17, 15) is 9.59 Å². The van der Waals surface area contributed by atoms with Gasteiger partial charge in [0, 0.05) is 10.8 Å². The van der Waals surface area contributed by atoms with Crippen molar-refractivity contribution < 1.29 is 14.7 Å². The Morgan fingerprint density at radius 2 is 1.89 bits per heavy atom. The zero-order chi connectivity index (χ0) is 14.6. The Labute approximate surface area is 118 Å². The van der Waals surface area contributed by atoms with E-state index in [-0.39, 0.29) is 17.2 Å². The van der Waals surface area contributed by atoms with Gasteiger partial charge in [-0.05, 0) is 33.6 Å². The summed E-state index contributed by atoms with van der Waals surface area (Å²) in [5.74, 6) is -1.07. The lowest BCUT2D eigenvalue weighted by Crippen LogP contribution is -2.49. The van der Waals surface area contributed by atoms with Crippen LogP contribution in [0.25, 0.3) is 0 Å². The third-order valence-corrected chi connectivity index (χ3v) is 5.00. The molecule has 0 aromatic carbocycles. The zero-order valence-electron chi connectivity index (χ0n) is 11.8. The van der Waals surface area contributed by atoms with Crippen LogP contribution in [0, 0.1) is 0 Å². The molecule has 1 amide bonds. The molecule has 0 aromatic rings. The van der Waals surface area contributed by atoms with Gasteiger partial charge in [0.1, 0.15) is 6.04 Å². The lowest BCUT2D eigenvalue weighted by atomic mass is 10.1. The van der Waals surface area contributed by atoms with Crippen LogP contribution in [0.2, 0.25) is 0 Å². The Kier molecular flexibility index (Phi) is 5.67. The first kappa shape index (κ1) is 16.3. The number of amides is 1. The van der Waals surface area contributed by atoms with E-state index in [2.05, 4.69) is 5.32 Å². The molecule has 1 saturated carbocycles. The van der Waals surface area contributed by atoms with Crippen LogP contribution < -0.4 is 11.1 Å². The minimum Gasteiger partial charge on any atom is -0.480 e. The molecule has 19 heavy (non-hydrogen) atoms. The number of nitrogens with two attached hydrogens (primary N) is 1.